The molecule has 25 heavy (non-hydrogen) atoms. The number of benzene rings is 1. The zero-order valence-corrected chi connectivity index (χ0v) is 15.0. The minimum atomic E-state index is -0.372. The van der Waals surface area contributed by atoms with Crippen molar-refractivity contribution in [3.05, 3.63) is 41.7 Å². The molecule has 1 aromatic carbocycles. The molecule has 0 saturated heterocycles. The molecule has 130 valence electrons. The molecule has 0 saturated carbocycles. The molecule has 8 heteroatoms. The Kier molecular flexibility index (Phi) is 5.18. The Morgan fingerprint density at radius 2 is 2.00 bits per heavy atom. The fraction of sp³-hybridized carbons (Fsp3) is 0.294. The van der Waals surface area contributed by atoms with E-state index in [9.17, 15) is 4.79 Å². The summed E-state index contributed by atoms with van der Waals surface area (Å²) in [4.78, 5) is 12.4. The number of aromatic nitrogens is 3. The van der Waals surface area contributed by atoms with Crippen LogP contribution in [0.2, 0.25) is 0 Å². The van der Waals surface area contributed by atoms with Gasteiger partial charge in [-0.25, -0.2) is 0 Å². The Morgan fingerprint density at radius 1 is 1.24 bits per heavy atom. The molecular formula is C17H18N4O3S. The third kappa shape index (κ3) is 4.27. The minimum absolute atomic E-state index is 0.184. The SMILES string of the molecule is CC[C@@H](Sc1nnc(-c2ccc(C)cc2)o1)C(=O)Nc1cc(C)on1. The number of rotatable bonds is 6. The third-order valence-electron chi connectivity index (χ3n) is 3.49. The molecule has 0 spiro atoms. The largest absolute Gasteiger partial charge is 0.411 e. The second-order valence-electron chi connectivity index (χ2n) is 5.57. The second kappa shape index (κ2) is 7.52. The summed E-state index contributed by atoms with van der Waals surface area (Å²) in [6.07, 6.45) is 0.607. The van der Waals surface area contributed by atoms with Gasteiger partial charge in [0.2, 0.25) is 11.8 Å². The van der Waals surface area contributed by atoms with Crippen LogP contribution < -0.4 is 5.32 Å². The van der Waals surface area contributed by atoms with Gasteiger partial charge in [-0.15, -0.1) is 10.2 Å². The number of nitrogens with one attached hydrogen (secondary N) is 1. The topological polar surface area (TPSA) is 94.0 Å². The number of thioether (sulfide) groups is 1. The summed E-state index contributed by atoms with van der Waals surface area (Å²) in [5.74, 6) is 1.28. The first-order valence-electron chi connectivity index (χ1n) is 7.86. The number of amides is 1. The summed E-state index contributed by atoms with van der Waals surface area (Å²) in [6.45, 7) is 5.70. The summed E-state index contributed by atoms with van der Waals surface area (Å²) in [6, 6.07) is 9.48. The lowest BCUT2D eigenvalue weighted by atomic mass is 10.1. The van der Waals surface area contributed by atoms with Gasteiger partial charge in [0.1, 0.15) is 5.76 Å². The second-order valence-corrected chi connectivity index (χ2v) is 6.72. The zero-order chi connectivity index (χ0) is 17.8. The molecule has 0 unspecified atom stereocenters. The molecule has 0 aliphatic heterocycles. The van der Waals surface area contributed by atoms with Gasteiger partial charge in [0, 0.05) is 11.6 Å². The highest BCUT2D eigenvalue weighted by Gasteiger charge is 2.22. The molecule has 2 aromatic heterocycles. The average molecular weight is 358 g/mol. The van der Waals surface area contributed by atoms with E-state index in [1.165, 1.54) is 11.8 Å². The lowest BCUT2D eigenvalue weighted by Gasteiger charge is -2.10. The van der Waals surface area contributed by atoms with Crippen molar-refractivity contribution in [1.82, 2.24) is 15.4 Å². The van der Waals surface area contributed by atoms with E-state index in [2.05, 4.69) is 20.7 Å². The summed E-state index contributed by atoms with van der Waals surface area (Å²) in [7, 11) is 0. The molecule has 0 radical (unpaired) electrons. The maximum Gasteiger partial charge on any atom is 0.277 e. The van der Waals surface area contributed by atoms with E-state index in [1.54, 1.807) is 13.0 Å². The van der Waals surface area contributed by atoms with Gasteiger partial charge >= 0.3 is 0 Å². The molecule has 2 heterocycles. The number of carbonyl (C=O) groups excluding carboxylic acids is 1. The summed E-state index contributed by atoms with van der Waals surface area (Å²) < 4.78 is 10.6. The van der Waals surface area contributed by atoms with Crippen LogP contribution in [0, 0.1) is 13.8 Å². The van der Waals surface area contributed by atoms with Crippen molar-refractivity contribution in [1.29, 1.82) is 0 Å². The highest BCUT2D eigenvalue weighted by molar-refractivity contribution is 8.00. The van der Waals surface area contributed by atoms with Crippen LogP contribution in [0.3, 0.4) is 0 Å². The van der Waals surface area contributed by atoms with E-state index in [4.69, 9.17) is 8.94 Å². The number of anilines is 1. The molecule has 3 rings (SSSR count). The summed E-state index contributed by atoms with van der Waals surface area (Å²) in [5, 5.41) is 14.6. The molecule has 0 fully saturated rings. The normalized spacial score (nSPS) is 12.1. The first-order chi connectivity index (χ1) is 12.0. The Balaban J connectivity index is 1.67. The lowest BCUT2D eigenvalue weighted by molar-refractivity contribution is -0.115. The molecule has 1 amide bonds. The van der Waals surface area contributed by atoms with E-state index >= 15 is 0 Å². The van der Waals surface area contributed by atoms with Crippen LogP contribution in [0.1, 0.15) is 24.7 Å². The van der Waals surface area contributed by atoms with Crippen LogP contribution in [0.25, 0.3) is 11.5 Å². The van der Waals surface area contributed by atoms with Crippen LogP contribution in [0.5, 0.6) is 0 Å². The van der Waals surface area contributed by atoms with Gasteiger partial charge in [0.15, 0.2) is 5.82 Å². The Bertz CT molecular complexity index is 857. The van der Waals surface area contributed by atoms with Crippen molar-refractivity contribution in [2.75, 3.05) is 5.32 Å². The van der Waals surface area contributed by atoms with Crippen molar-refractivity contribution < 1.29 is 13.7 Å². The van der Waals surface area contributed by atoms with E-state index in [0.717, 1.165) is 11.1 Å². The van der Waals surface area contributed by atoms with Gasteiger partial charge < -0.3 is 14.3 Å². The maximum atomic E-state index is 12.4. The Hall–Kier alpha value is -2.61. The van der Waals surface area contributed by atoms with Crippen molar-refractivity contribution in [3.8, 4) is 11.5 Å². The standard InChI is InChI=1S/C17H18N4O3S/c1-4-13(15(22)18-14-9-11(3)24-21-14)25-17-20-19-16(23-17)12-7-5-10(2)6-8-12/h5-9,13H,4H2,1-3H3,(H,18,21,22)/t13-/m1/s1. The predicted octanol–water partition coefficient (Wildman–Crippen LogP) is 3.85. The molecule has 1 atom stereocenters. The van der Waals surface area contributed by atoms with Crippen LogP contribution in [-0.2, 0) is 4.79 Å². The fourth-order valence-electron chi connectivity index (χ4n) is 2.15. The Morgan fingerprint density at radius 3 is 2.64 bits per heavy atom. The van der Waals surface area contributed by atoms with Crippen molar-refractivity contribution in [2.45, 2.75) is 37.7 Å². The van der Waals surface area contributed by atoms with E-state index < -0.39 is 0 Å². The molecular weight excluding hydrogens is 340 g/mol. The van der Waals surface area contributed by atoms with Gasteiger partial charge in [0.25, 0.3) is 5.22 Å². The van der Waals surface area contributed by atoms with Gasteiger partial charge in [-0.2, -0.15) is 0 Å². The smallest absolute Gasteiger partial charge is 0.277 e. The molecule has 1 N–H and O–H groups in total. The number of hydrogen-bond donors (Lipinski definition) is 1. The summed E-state index contributed by atoms with van der Waals surface area (Å²) >= 11 is 1.23. The maximum absolute atomic E-state index is 12.4. The highest BCUT2D eigenvalue weighted by atomic mass is 32.2. The first-order valence-corrected chi connectivity index (χ1v) is 8.74. The monoisotopic (exact) mass is 358 g/mol. The summed E-state index contributed by atoms with van der Waals surface area (Å²) in [5.41, 5.74) is 2.00. The van der Waals surface area contributed by atoms with Crippen LogP contribution in [-0.4, -0.2) is 26.5 Å². The number of nitrogens with zero attached hydrogens (tertiary/aromatic N) is 3. The van der Waals surface area contributed by atoms with Crippen molar-refractivity contribution in [2.24, 2.45) is 0 Å². The van der Waals surface area contributed by atoms with Gasteiger partial charge in [-0.05, 0) is 32.4 Å². The fourth-order valence-corrected chi connectivity index (χ4v) is 2.94. The van der Waals surface area contributed by atoms with Gasteiger partial charge in [-0.1, -0.05) is 41.5 Å². The quantitative estimate of drug-likeness (QED) is 0.669. The minimum Gasteiger partial charge on any atom is -0.411 e. The average Bonchev–Trinajstić information content (AvgIpc) is 3.22. The number of hydrogen-bond acceptors (Lipinski definition) is 7. The molecule has 0 aliphatic carbocycles. The number of aryl methyl sites for hydroxylation is 2. The van der Waals surface area contributed by atoms with E-state index in [1.807, 2.05) is 38.1 Å². The molecule has 3 aromatic rings. The van der Waals surface area contributed by atoms with E-state index in [-0.39, 0.29) is 11.2 Å². The third-order valence-corrected chi connectivity index (χ3v) is 4.69. The van der Waals surface area contributed by atoms with Gasteiger partial charge in [0.05, 0.1) is 5.25 Å². The molecule has 7 nitrogen and oxygen atoms in total. The predicted molar refractivity (Wildman–Crippen MR) is 94.3 cm³/mol. The molecule has 0 aliphatic rings. The van der Waals surface area contributed by atoms with Gasteiger partial charge in [-0.3, -0.25) is 4.79 Å². The Labute approximate surface area is 149 Å². The van der Waals surface area contributed by atoms with E-state index in [0.29, 0.717) is 29.1 Å². The lowest BCUT2D eigenvalue weighted by Crippen LogP contribution is -2.24. The molecule has 0 bridgehead atoms. The highest BCUT2D eigenvalue weighted by Crippen LogP contribution is 2.28. The van der Waals surface area contributed by atoms with Crippen LogP contribution in [0.4, 0.5) is 5.82 Å². The van der Waals surface area contributed by atoms with Crippen molar-refractivity contribution in [3.63, 3.8) is 0 Å². The van der Waals surface area contributed by atoms with Crippen LogP contribution >= 0.6 is 11.8 Å². The first kappa shape index (κ1) is 17.2. The van der Waals surface area contributed by atoms with Crippen LogP contribution in [0.15, 0.2) is 44.5 Å². The number of carbonyl (C=O) groups is 1. The zero-order valence-electron chi connectivity index (χ0n) is 14.1. The van der Waals surface area contributed by atoms with Crippen molar-refractivity contribution >= 4 is 23.5 Å².